The molecule has 1 fully saturated rings. The zero-order chi connectivity index (χ0) is 20.0. The highest BCUT2D eigenvalue weighted by Crippen LogP contribution is 2.26. The van der Waals surface area contributed by atoms with Crippen LogP contribution < -0.4 is 5.32 Å². The summed E-state index contributed by atoms with van der Waals surface area (Å²) in [5.41, 5.74) is 0. The van der Waals surface area contributed by atoms with Crippen molar-refractivity contribution in [2.75, 3.05) is 18.4 Å². The minimum atomic E-state index is -1.30. The Labute approximate surface area is 161 Å². The van der Waals surface area contributed by atoms with Crippen LogP contribution in [-0.2, 0) is 14.4 Å². The summed E-state index contributed by atoms with van der Waals surface area (Å²) < 4.78 is 14.0. The molecule has 0 unspecified atom stereocenters. The highest BCUT2D eigenvalue weighted by atomic mass is 32.1. The lowest BCUT2D eigenvalue weighted by molar-refractivity contribution is -0.157. The van der Waals surface area contributed by atoms with Gasteiger partial charge in [-0.1, -0.05) is 19.8 Å². The number of nitrogens with zero attached hydrogens (tertiary/aromatic N) is 3. The third-order valence-electron chi connectivity index (χ3n) is 4.47. The molecular formula is C17H25FN4O4S. The molecule has 1 saturated heterocycles. The molecule has 1 aliphatic rings. The lowest BCUT2D eigenvalue weighted by Gasteiger charge is -2.28. The summed E-state index contributed by atoms with van der Waals surface area (Å²) in [6, 6.07) is -0.941. The van der Waals surface area contributed by atoms with Crippen LogP contribution in [0.2, 0.25) is 0 Å². The average molecular weight is 400 g/mol. The molecule has 1 aromatic heterocycles. The minimum absolute atomic E-state index is 0.0844. The number of hydroxylamine groups is 2. The number of carbonyl (C=O) groups is 3. The number of halogens is 1. The van der Waals surface area contributed by atoms with E-state index in [0.717, 1.165) is 11.3 Å². The maximum Gasteiger partial charge on any atom is 0.249 e. The van der Waals surface area contributed by atoms with Gasteiger partial charge in [0.15, 0.2) is 5.13 Å². The number of alkyl halides is 1. The van der Waals surface area contributed by atoms with Crippen LogP contribution in [0.15, 0.2) is 6.20 Å². The molecule has 10 heteroatoms. The second-order valence-corrected chi connectivity index (χ2v) is 7.91. The predicted molar refractivity (Wildman–Crippen MR) is 98.1 cm³/mol. The van der Waals surface area contributed by atoms with Gasteiger partial charge in [-0.05, 0) is 13.3 Å². The van der Waals surface area contributed by atoms with E-state index in [1.807, 2.05) is 13.8 Å². The van der Waals surface area contributed by atoms with Gasteiger partial charge in [0, 0.05) is 17.5 Å². The second kappa shape index (κ2) is 9.75. The van der Waals surface area contributed by atoms with Crippen LogP contribution in [0.25, 0.3) is 0 Å². The topological polar surface area (TPSA) is 103 Å². The van der Waals surface area contributed by atoms with Gasteiger partial charge in [0.25, 0.3) is 0 Å². The van der Waals surface area contributed by atoms with Gasteiger partial charge in [-0.2, -0.15) is 0 Å². The molecule has 1 aromatic rings. The summed E-state index contributed by atoms with van der Waals surface area (Å²) in [5, 5.41) is 12.9. The molecule has 0 radical (unpaired) electrons. The number of likely N-dealkylation sites (tertiary alicyclic amines) is 1. The van der Waals surface area contributed by atoms with E-state index in [4.69, 9.17) is 0 Å². The van der Waals surface area contributed by atoms with E-state index >= 15 is 0 Å². The van der Waals surface area contributed by atoms with Crippen molar-refractivity contribution in [3.8, 4) is 0 Å². The molecule has 0 bridgehead atoms. The molecular weight excluding hydrogens is 375 g/mol. The molecule has 0 aliphatic carbocycles. The molecule has 27 heavy (non-hydrogen) atoms. The number of hydrogen-bond acceptors (Lipinski definition) is 6. The predicted octanol–water partition coefficient (Wildman–Crippen LogP) is 1.98. The Morgan fingerprint density at radius 1 is 1.59 bits per heavy atom. The Bertz CT molecular complexity index is 671. The van der Waals surface area contributed by atoms with E-state index in [2.05, 4.69) is 10.3 Å². The Morgan fingerprint density at radius 3 is 2.93 bits per heavy atom. The number of amides is 3. The summed E-state index contributed by atoms with van der Waals surface area (Å²) in [6.45, 7) is 3.44. The maximum absolute atomic E-state index is 14.0. The fraction of sp³-hybridized carbons (Fsp3) is 0.647. The van der Waals surface area contributed by atoms with Gasteiger partial charge < -0.3 is 10.2 Å². The Balaban J connectivity index is 2.11. The van der Waals surface area contributed by atoms with Crippen LogP contribution in [0, 0.1) is 12.8 Å². The molecule has 8 nitrogen and oxygen atoms in total. The highest BCUT2D eigenvalue weighted by Gasteiger charge is 2.42. The summed E-state index contributed by atoms with van der Waals surface area (Å²) in [6.07, 6.45) is 2.44. The van der Waals surface area contributed by atoms with Crippen molar-refractivity contribution in [3.05, 3.63) is 11.1 Å². The number of nitrogens with one attached hydrogen (secondary N) is 1. The fourth-order valence-electron chi connectivity index (χ4n) is 3.12. The molecule has 2 N–H and O–H groups in total. The molecule has 3 amide bonds. The lowest BCUT2D eigenvalue weighted by Crippen LogP contribution is -2.47. The van der Waals surface area contributed by atoms with Crippen LogP contribution in [-0.4, -0.2) is 63.7 Å². The van der Waals surface area contributed by atoms with Crippen LogP contribution in [0.5, 0.6) is 0 Å². The van der Waals surface area contributed by atoms with Crippen molar-refractivity contribution in [3.63, 3.8) is 0 Å². The van der Waals surface area contributed by atoms with Gasteiger partial charge in [-0.3, -0.25) is 19.6 Å². The molecule has 0 spiro atoms. The smallest absolute Gasteiger partial charge is 0.249 e. The van der Waals surface area contributed by atoms with Crippen LogP contribution >= 0.6 is 11.3 Å². The van der Waals surface area contributed by atoms with Gasteiger partial charge in [0.1, 0.15) is 12.2 Å². The summed E-state index contributed by atoms with van der Waals surface area (Å²) in [4.78, 5) is 42.4. The van der Waals surface area contributed by atoms with E-state index in [0.29, 0.717) is 23.0 Å². The number of hydrogen-bond donors (Lipinski definition) is 2. The highest BCUT2D eigenvalue weighted by molar-refractivity contribution is 7.15. The number of unbranched alkanes of at least 4 members (excludes halogenated alkanes) is 1. The largest absolute Gasteiger partial charge is 0.327 e. The number of aryl methyl sites for hydroxylation is 1. The van der Waals surface area contributed by atoms with Crippen LogP contribution in [0.4, 0.5) is 9.52 Å². The minimum Gasteiger partial charge on any atom is -0.327 e. The molecule has 150 valence electrons. The van der Waals surface area contributed by atoms with Gasteiger partial charge in [-0.25, -0.2) is 14.4 Å². The molecule has 0 aromatic carbocycles. The van der Waals surface area contributed by atoms with Crippen molar-refractivity contribution in [1.82, 2.24) is 14.9 Å². The zero-order valence-corrected chi connectivity index (χ0v) is 16.2. The van der Waals surface area contributed by atoms with Gasteiger partial charge in [-0.15, -0.1) is 11.3 Å². The molecule has 1 aliphatic heterocycles. The van der Waals surface area contributed by atoms with Crippen molar-refractivity contribution >= 4 is 34.7 Å². The molecule has 0 saturated carbocycles. The Morgan fingerprint density at radius 2 is 2.33 bits per heavy atom. The fourth-order valence-corrected chi connectivity index (χ4v) is 3.79. The van der Waals surface area contributed by atoms with Gasteiger partial charge in [0.2, 0.25) is 18.2 Å². The average Bonchev–Trinajstić information content (AvgIpc) is 3.23. The third kappa shape index (κ3) is 5.70. The lowest BCUT2D eigenvalue weighted by atomic mass is 9.99. The van der Waals surface area contributed by atoms with E-state index in [1.54, 1.807) is 6.20 Å². The molecule has 2 heterocycles. The van der Waals surface area contributed by atoms with Crippen molar-refractivity contribution in [2.45, 2.75) is 51.7 Å². The van der Waals surface area contributed by atoms with Crippen molar-refractivity contribution < 1.29 is 24.0 Å². The van der Waals surface area contributed by atoms with Crippen molar-refractivity contribution in [1.29, 1.82) is 0 Å². The standard InChI is InChI=1S/C17H25FN4O4S/c1-3-4-5-12(8-21(26)10-23)16(25)22-9-13(18)6-14(22)15(24)20-17-19-7-11(2)27-17/h7,10,12-14,26H,3-6,8-9H2,1-2H3,(H,19,20,24)/t12-,13+,14+/m1/s1. The number of aromatic nitrogens is 1. The SMILES string of the molecule is CCCC[C@H](CN(O)C=O)C(=O)N1C[C@@H](F)C[C@H]1C(=O)Nc1ncc(C)s1. The zero-order valence-electron chi connectivity index (χ0n) is 15.4. The van der Waals surface area contributed by atoms with Crippen LogP contribution in [0.3, 0.4) is 0 Å². The monoisotopic (exact) mass is 400 g/mol. The van der Waals surface area contributed by atoms with E-state index < -0.39 is 29.9 Å². The Hall–Kier alpha value is -2.07. The number of carbonyl (C=O) groups excluding carboxylic acids is 3. The first-order valence-electron chi connectivity index (χ1n) is 8.94. The quantitative estimate of drug-likeness (QED) is 0.375. The summed E-state index contributed by atoms with van der Waals surface area (Å²) in [5.74, 6) is -1.61. The summed E-state index contributed by atoms with van der Waals surface area (Å²) >= 11 is 1.30. The van der Waals surface area contributed by atoms with Gasteiger partial charge in [0.05, 0.1) is 19.0 Å². The van der Waals surface area contributed by atoms with Crippen LogP contribution in [0.1, 0.15) is 37.5 Å². The first-order chi connectivity index (χ1) is 12.8. The normalized spacial score (nSPS) is 20.4. The third-order valence-corrected chi connectivity index (χ3v) is 5.30. The first kappa shape index (κ1) is 21.2. The Kier molecular flexibility index (Phi) is 7.66. The molecule has 2 rings (SSSR count). The van der Waals surface area contributed by atoms with E-state index in [9.17, 15) is 24.0 Å². The number of thiazole rings is 1. The van der Waals surface area contributed by atoms with Gasteiger partial charge >= 0.3 is 0 Å². The van der Waals surface area contributed by atoms with E-state index in [-0.39, 0.29) is 25.9 Å². The van der Waals surface area contributed by atoms with Crippen molar-refractivity contribution in [2.24, 2.45) is 5.92 Å². The maximum atomic E-state index is 14.0. The first-order valence-corrected chi connectivity index (χ1v) is 9.76. The summed E-state index contributed by atoms with van der Waals surface area (Å²) in [7, 11) is 0. The number of rotatable bonds is 9. The van der Waals surface area contributed by atoms with E-state index in [1.165, 1.54) is 16.2 Å². The second-order valence-electron chi connectivity index (χ2n) is 6.67. The molecule has 3 atom stereocenters. The number of anilines is 1.